The SMILES string of the molecule is C.C=C(/C=C/c1ccccc1)CC1C2=C(N)CCC2C2(C)CC1(C1CCNCC1)CC2CC(=C)CC#N. The van der Waals surface area contributed by atoms with Crippen molar-refractivity contribution in [2.75, 3.05) is 13.1 Å². The minimum Gasteiger partial charge on any atom is -0.402 e. The fourth-order valence-electron chi connectivity index (χ4n) is 8.83. The highest BCUT2D eigenvalue weighted by Gasteiger charge is 2.66. The van der Waals surface area contributed by atoms with E-state index in [4.69, 9.17) is 5.73 Å². The van der Waals surface area contributed by atoms with Gasteiger partial charge in [-0.15, -0.1) is 0 Å². The third-order valence-electron chi connectivity index (χ3n) is 10.4. The molecule has 5 rings (SSSR count). The standard InChI is InChI=1S/C33H43N3.CH4/c1-23(9-10-25-7-5-4-6-8-25)20-29-31-28(11-12-30(31)35)32(3)22-33(29,26-14-17-36-18-15-26)21-27(32)19-24(2)13-16-34;/h4-10,26-29,36H,1-2,11-15,17-22,35H2,3H3;1H4/b10-9+;. The molecule has 1 aliphatic heterocycles. The maximum Gasteiger partial charge on any atom is 0.0666 e. The van der Waals surface area contributed by atoms with E-state index in [0.717, 1.165) is 37.9 Å². The van der Waals surface area contributed by atoms with Crippen molar-refractivity contribution in [1.82, 2.24) is 5.32 Å². The summed E-state index contributed by atoms with van der Waals surface area (Å²) in [4.78, 5) is 0. The molecule has 0 spiro atoms. The quantitative estimate of drug-likeness (QED) is 0.284. The van der Waals surface area contributed by atoms with E-state index in [1.807, 2.05) is 0 Å². The van der Waals surface area contributed by atoms with E-state index in [0.29, 0.717) is 30.1 Å². The number of hydrogen-bond acceptors (Lipinski definition) is 3. The average molecular weight is 498 g/mol. The number of nitrogens with one attached hydrogen (secondary N) is 1. The first-order chi connectivity index (χ1) is 17.4. The Hall–Kier alpha value is -2.57. The van der Waals surface area contributed by atoms with Gasteiger partial charge in [0.05, 0.1) is 12.5 Å². The molecule has 4 aliphatic rings. The molecule has 2 saturated carbocycles. The van der Waals surface area contributed by atoms with Gasteiger partial charge in [0.1, 0.15) is 0 Å². The summed E-state index contributed by atoms with van der Waals surface area (Å²) >= 11 is 0. The van der Waals surface area contributed by atoms with Crippen LogP contribution in [0.1, 0.15) is 77.7 Å². The third-order valence-corrected chi connectivity index (χ3v) is 10.4. The predicted octanol–water partition coefficient (Wildman–Crippen LogP) is 7.80. The van der Waals surface area contributed by atoms with E-state index < -0.39 is 0 Å². The maximum atomic E-state index is 9.32. The smallest absolute Gasteiger partial charge is 0.0666 e. The molecule has 3 N–H and O–H groups in total. The van der Waals surface area contributed by atoms with Crippen LogP contribution in [0.4, 0.5) is 0 Å². The molecule has 3 heteroatoms. The van der Waals surface area contributed by atoms with Crippen LogP contribution in [0, 0.1) is 45.8 Å². The van der Waals surface area contributed by atoms with Crippen molar-refractivity contribution in [2.24, 2.45) is 40.2 Å². The van der Waals surface area contributed by atoms with E-state index in [1.165, 1.54) is 48.9 Å². The molecule has 0 aromatic heterocycles. The second-order valence-corrected chi connectivity index (χ2v) is 12.4. The lowest BCUT2D eigenvalue weighted by atomic mass is 9.51. The lowest BCUT2D eigenvalue weighted by Gasteiger charge is -2.54. The summed E-state index contributed by atoms with van der Waals surface area (Å²) in [6.45, 7) is 13.7. The van der Waals surface area contributed by atoms with Crippen LogP contribution in [0.25, 0.3) is 6.08 Å². The van der Waals surface area contributed by atoms with Crippen molar-refractivity contribution in [2.45, 2.75) is 72.1 Å². The maximum absolute atomic E-state index is 9.32. The molecular weight excluding hydrogens is 450 g/mol. The predicted molar refractivity (Wildman–Crippen MR) is 156 cm³/mol. The zero-order valence-electron chi connectivity index (χ0n) is 22.1. The highest BCUT2D eigenvalue weighted by molar-refractivity contribution is 5.52. The van der Waals surface area contributed by atoms with Crippen LogP contribution in [0.15, 0.2) is 72.0 Å². The van der Waals surface area contributed by atoms with Crippen molar-refractivity contribution in [3.05, 3.63) is 77.5 Å². The fraction of sp³-hybridized carbons (Fsp3) is 0.559. The number of nitriles is 1. The van der Waals surface area contributed by atoms with Crippen molar-refractivity contribution < 1.29 is 0 Å². The zero-order valence-corrected chi connectivity index (χ0v) is 22.1. The summed E-state index contributed by atoms with van der Waals surface area (Å²) in [6.07, 6.45) is 14.2. The minimum absolute atomic E-state index is 0. The van der Waals surface area contributed by atoms with Crippen LogP contribution in [-0.4, -0.2) is 13.1 Å². The van der Waals surface area contributed by atoms with Crippen molar-refractivity contribution in [3.8, 4) is 6.07 Å². The Labute approximate surface area is 225 Å². The van der Waals surface area contributed by atoms with Gasteiger partial charge in [0, 0.05) is 5.70 Å². The van der Waals surface area contributed by atoms with Crippen LogP contribution < -0.4 is 11.1 Å². The van der Waals surface area contributed by atoms with Gasteiger partial charge >= 0.3 is 0 Å². The van der Waals surface area contributed by atoms with Crippen LogP contribution >= 0.6 is 0 Å². The van der Waals surface area contributed by atoms with Gasteiger partial charge in [-0.1, -0.05) is 81.1 Å². The molecule has 0 radical (unpaired) electrons. The summed E-state index contributed by atoms with van der Waals surface area (Å²) in [7, 11) is 0. The van der Waals surface area contributed by atoms with Gasteiger partial charge in [0.25, 0.3) is 0 Å². The van der Waals surface area contributed by atoms with Crippen molar-refractivity contribution >= 4 is 6.08 Å². The molecule has 5 atom stereocenters. The van der Waals surface area contributed by atoms with Gasteiger partial charge in [-0.25, -0.2) is 0 Å². The normalized spacial score (nSPS) is 33.1. The Kier molecular flexibility index (Phi) is 8.20. The number of rotatable bonds is 8. The Bertz CT molecular complexity index is 1100. The van der Waals surface area contributed by atoms with Gasteiger partial charge in [0.15, 0.2) is 0 Å². The van der Waals surface area contributed by atoms with Crippen molar-refractivity contribution in [3.63, 3.8) is 0 Å². The topological polar surface area (TPSA) is 61.8 Å². The molecule has 37 heavy (non-hydrogen) atoms. The molecule has 2 bridgehead atoms. The minimum atomic E-state index is 0. The number of nitrogens with zero attached hydrogens (tertiary/aromatic N) is 1. The molecule has 0 amide bonds. The summed E-state index contributed by atoms with van der Waals surface area (Å²) in [5, 5.41) is 12.9. The average Bonchev–Trinajstić information content (AvgIpc) is 3.39. The van der Waals surface area contributed by atoms with E-state index in [2.05, 4.69) is 74.0 Å². The molecule has 1 aromatic rings. The number of nitrogens with two attached hydrogens (primary N) is 1. The van der Waals surface area contributed by atoms with Crippen LogP contribution in [-0.2, 0) is 0 Å². The largest absolute Gasteiger partial charge is 0.402 e. The van der Waals surface area contributed by atoms with Crippen molar-refractivity contribution in [1.29, 1.82) is 5.26 Å². The van der Waals surface area contributed by atoms with E-state index in [-0.39, 0.29) is 18.3 Å². The molecular formula is C34H47N3. The van der Waals surface area contributed by atoms with Gasteiger partial charge < -0.3 is 11.1 Å². The lowest BCUT2D eigenvalue weighted by molar-refractivity contribution is 0.0122. The molecule has 198 valence electrons. The zero-order chi connectivity index (χ0) is 25.3. The fourth-order valence-corrected chi connectivity index (χ4v) is 8.83. The second kappa shape index (κ2) is 11.0. The second-order valence-electron chi connectivity index (χ2n) is 12.4. The molecule has 3 aliphatic carbocycles. The van der Waals surface area contributed by atoms with Gasteiger partial charge in [0.2, 0.25) is 0 Å². The Morgan fingerprint density at radius 2 is 1.89 bits per heavy atom. The first kappa shape index (κ1) is 27.5. The first-order valence-electron chi connectivity index (χ1n) is 14.0. The monoisotopic (exact) mass is 497 g/mol. The van der Waals surface area contributed by atoms with Gasteiger partial charge in [-0.2, -0.15) is 5.26 Å². The molecule has 5 unspecified atom stereocenters. The highest BCUT2D eigenvalue weighted by Crippen LogP contribution is 2.74. The lowest BCUT2D eigenvalue weighted by Crippen LogP contribution is -2.48. The molecule has 1 heterocycles. The Morgan fingerprint density at radius 3 is 2.59 bits per heavy atom. The first-order valence-corrected chi connectivity index (χ1v) is 14.0. The number of allylic oxidation sites excluding steroid dienone is 5. The van der Waals surface area contributed by atoms with E-state index in [9.17, 15) is 5.26 Å². The van der Waals surface area contributed by atoms with Crippen LogP contribution in [0.2, 0.25) is 0 Å². The number of fused-ring (bicyclic) bond motifs is 4. The molecule has 1 saturated heterocycles. The summed E-state index contributed by atoms with van der Waals surface area (Å²) in [5.74, 6) is 2.33. The number of piperidine rings is 1. The third kappa shape index (κ3) is 4.98. The van der Waals surface area contributed by atoms with Gasteiger partial charge in [-0.05, 0) is 110 Å². The molecule has 1 aromatic carbocycles. The number of benzene rings is 1. The Balaban J connectivity index is 0.00000320. The molecule has 3 fully saturated rings. The number of hydrogen-bond donors (Lipinski definition) is 2. The Morgan fingerprint density at radius 1 is 1.16 bits per heavy atom. The van der Waals surface area contributed by atoms with E-state index in [1.54, 1.807) is 5.57 Å². The summed E-state index contributed by atoms with van der Waals surface area (Å²) in [5.41, 5.74) is 13.7. The molecule has 3 nitrogen and oxygen atoms in total. The van der Waals surface area contributed by atoms with Crippen LogP contribution in [0.3, 0.4) is 0 Å². The van der Waals surface area contributed by atoms with Crippen LogP contribution in [0.5, 0.6) is 0 Å². The summed E-state index contributed by atoms with van der Waals surface area (Å²) < 4.78 is 0. The van der Waals surface area contributed by atoms with Gasteiger partial charge in [-0.3, -0.25) is 0 Å². The highest BCUT2D eigenvalue weighted by atomic mass is 14.9. The summed E-state index contributed by atoms with van der Waals surface area (Å²) in [6, 6.07) is 12.9. The van der Waals surface area contributed by atoms with E-state index >= 15 is 0 Å².